The minimum atomic E-state index is 0.339. The molecule has 0 N–H and O–H groups in total. The first-order chi connectivity index (χ1) is 5.25. The zero-order valence-corrected chi connectivity index (χ0v) is 6.86. The molecule has 56 valence electrons. The van der Waals surface area contributed by atoms with Crippen LogP contribution in [0.3, 0.4) is 0 Å². The third-order valence-electron chi connectivity index (χ3n) is 1.12. The van der Waals surface area contributed by atoms with E-state index >= 15 is 0 Å². The molecular formula is C7H3Cl2NO. The van der Waals surface area contributed by atoms with Crippen molar-refractivity contribution in [1.82, 2.24) is 0 Å². The maximum absolute atomic E-state index is 9.80. The Labute approximate surface area is 73.8 Å². The maximum atomic E-state index is 9.80. The molecule has 0 heterocycles. The van der Waals surface area contributed by atoms with Gasteiger partial charge in [0.2, 0.25) is 0 Å². The Morgan fingerprint density at radius 1 is 1.27 bits per heavy atom. The second-order valence-corrected chi connectivity index (χ2v) is 2.61. The van der Waals surface area contributed by atoms with Crippen LogP contribution in [-0.4, -0.2) is 0 Å². The van der Waals surface area contributed by atoms with E-state index in [-0.39, 0.29) is 0 Å². The van der Waals surface area contributed by atoms with Gasteiger partial charge in [0.05, 0.1) is 10.0 Å². The SMILES string of the molecule is [O-][N+]#Cc1c(Cl)cccc1Cl. The molecule has 0 radical (unpaired) electrons. The molecular weight excluding hydrogens is 185 g/mol. The molecule has 0 saturated carbocycles. The molecule has 0 amide bonds. The van der Waals surface area contributed by atoms with Crippen molar-refractivity contribution in [2.45, 2.75) is 0 Å². The Kier molecular flexibility index (Phi) is 2.58. The summed E-state index contributed by atoms with van der Waals surface area (Å²) < 4.78 is 0. The minimum Gasteiger partial charge on any atom is -0.498 e. The van der Waals surface area contributed by atoms with Crippen LogP contribution in [-0.2, 0) is 0 Å². The molecule has 0 aliphatic carbocycles. The third-order valence-corrected chi connectivity index (χ3v) is 1.75. The van der Waals surface area contributed by atoms with Crippen LogP contribution in [0.2, 0.25) is 10.0 Å². The fourth-order valence-electron chi connectivity index (χ4n) is 0.650. The predicted octanol–water partition coefficient (Wildman–Crippen LogP) is 3.17. The van der Waals surface area contributed by atoms with Crippen molar-refractivity contribution >= 4 is 23.2 Å². The van der Waals surface area contributed by atoms with E-state index in [2.05, 4.69) is 11.1 Å². The summed E-state index contributed by atoms with van der Waals surface area (Å²) in [5.41, 5.74) is 0.339. The second-order valence-electron chi connectivity index (χ2n) is 1.80. The topological polar surface area (TPSA) is 27.4 Å². The molecule has 0 fully saturated rings. The summed E-state index contributed by atoms with van der Waals surface area (Å²) in [5, 5.41) is 13.0. The van der Waals surface area contributed by atoms with Crippen molar-refractivity contribution in [1.29, 1.82) is 0 Å². The van der Waals surface area contributed by atoms with Crippen molar-refractivity contribution in [2.75, 3.05) is 0 Å². The van der Waals surface area contributed by atoms with Gasteiger partial charge in [0, 0.05) is 5.01 Å². The van der Waals surface area contributed by atoms with E-state index in [0.717, 1.165) is 0 Å². The summed E-state index contributed by atoms with van der Waals surface area (Å²) in [6, 6.07) is 7.05. The lowest BCUT2D eigenvalue weighted by Gasteiger charge is -1.92. The summed E-state index contributed by atoms with van der Waals surface area (Å²) in [6.45, 7) is 0. The number of hydrogen-bond donors (Lipinski definition) is 0. The number of benzene rings is 1. The van der Waals surface area contributed by atoms with E-state index in [0.29, 0.717) is 15.6 Å². The smallest absolute Gasteiger partial charge is 0.339 e. The summed E-state index contributed by atoms with van der Waals surface area (Å²) in [7, 11) is 0. The molecule has 4 heteroatoms. The number of rotatable bonds is 0. The summed E-state index contributed by atoms with van der Waals surface area (Å²) in [6.07, 6.45) is 0. The fraction of sp³-hybridized carbons (Fsp3) is 0. The van der Waals surface area contributed by atoms with Crippen molar-refractivity contribution in [2.24, 2.45) is 0 Å². The highest BCUT2D eigenvalue weighted by molar-refractivity contribution is 6.36. The van der Waals surface area contributed by atoms with Crippen molar-refractivity contribution in [3.63, 3.8) is 0 Å². The second kappa shape index (κ2) is 3.47. The standard InChI is InChI=1S/C7H3Cl2NO/c8-6-2-1-3-7(9)5(6)4-10-11/h1-3H. The van der Waals surface area contributed by atoms with E-state index in [1.807, 2.05) is 0 Å². The maximum Gasteiger partial charge on any atom is 0.339 e. The van der Waals surface area contributed by atoms with Gasteiger partial charge in [-0.3, -0.25) is 0 Å². The predicted molar refractivity (Wildman–Crippen MR) is 46.2 cm³/mol. The van der Waals surface area contributed by atoms with Crippen LogP contribution in [0.4, 0.5) is 0 Å². The molecule has 1 aromatic rings. The van der Waals surface area contributed by atoms with E-state index in [1.165, 1.54) is 0 Å². The zero-order chi connectivity index (χ0) is 8.27. The summed E-state index contributed by atoms with van der Waals surface area (Å²) in [5.74, 6) is 0. The molecule has 1 rings (SSSR count). The Morgan fingerprint density at radius 3 is 2.27 bits per heavy atom. The van der Waals surface area contributed by atoms with Crippen LogP contribution in [0.15, 0.2) is 18.2 Å². The molecule has 0 aromatic heterocycles. The molecule has 0 spiro atoms. The lowest BCUT2D eigenvalue weighted by atomic mass is 10.2. The Hall–Kier alpha value is -0.910. The van der Waals surface area contributed by atoms with Crippen LogP contribution in [0.25, 0.3) is 5.01 Å². The monoisotopic (exact) mass is 187 g/mol. The van der Waals surface area contributed by atoms with Gasteiger partial charge < -0.3 is 5.21 Å². The average Bonchev–Trinajstić information content (AvgIpc) is 1.97. The van der Waals surface area contributed by atoms with Gasteiger partial charge in [-0.15, -0.1) is 0 Å². The Balaban J connectivity index is 3.28. The molecule has 0 bridgehead atoms. The number of halogens is 2. The lowest BCUT2D eigenvalue weighted by Crippen LogP contribution is -1.76. The Morgan fingerprint density at radius 2 is 1.82 bits per heavy atom. The molecule has 0 aliphatic heterocycles. The van der Waals surface area contributed by atoms with Gasteiger partial charge in [0.25, 0.3) is 0 Å². The molecule has 0 unspecified atom stereocenters. The van der Waals surface area contributed by atoms with E-state index in [4.69, 9.17) is 23.2 Å². The van der Waals surface area contributed by atoms with E-state index in [9.17, 15) is 5.21 Å². The number of nitrogens with zero attached hydrogens (tertiary/aromatic N) is 1. The highest BCUT2D eigenvalue weighted by Gasteiger charge is 2.06. The lowest BCUT2D eigenvalue weighted by molar-refractivity contribution is 1.64. The van der Waals surface area contributed by atoms with Gasteiger partial charge in [-0.1, -0.05) is 29.3 Å². The number of hydrogen-bond acceptors (Lipinski definition) is 1. The quantitative estimate of drug-likeness (QED) is 0.574. The van der Waals surface area contributed by atoms with Crippen molar-refractivity contribution in [3.05, 3.63) is 44.0 Å². The first-order valence-electron chi connectivity index (χ1n) is 2.78. The third kappa shape index (κ3) is 1.76. The summed E-state index contributed by atoms with van der Waals surface area (Å²) >= 11 is 11.3. The van der Waals surface area contributed by atoms with Gasteiger partial charge in [-0.05, 0) is 12.1 Å². The summed E-state index contributed by atoms with van der Waals surface area (Å²) in [4.78, 5) is 0. The highest BCUT2D eigenvalue weighted by Crippen LogP contribution is 2.22. The molecule has 0 saturated heterocycles. The van der Waals surface area contributed by atoms with Gasteiger partial charge in [0.15, 0.2) is 0 Å². The van der Waals surface area contributed by atoms with Gasteiger partial charge in [0.1, 0.15) is 5.56 Å². The zero-order valence-electron chi connectivity index (χ0n) is 5.34. The highest BCUT2D eigenvalue weighted by atomic mass is 35.5. The fourth-order valence-corrected chi connectivity index (χ4v) is 1.13. The molecule has 11 heavy (non-hydrogen) atoms. The van der Waals surface area contributed by atoms with Gasteiger partial charge in [-0.25, -0.2) is 0 Å². The minimum absolute atomic E-state index is 0.339. The van der Waals surface area contributed by atoms with Crippen LogP contribution in [0.5, 0.6) is 0 Å². The average molecular weight is 188 g/mol. The van der Waals surface area contributed by atoms with Crippen LogP contribution >= 0.6 is 23.2 Å². The first kappa shape index (κ1) is 8.19. The van der Waals surface area contributed by atoms with Gasteiger partial charge >= 0.3 is 6.07 Å². The van der Waals surface area contributed by atoms with Crippen LogP contribution in [0.1, 0.15) is 5.56 Å². The molecule has 0 atom stereocenters. The van der Waals surface area contributed by atoms with Crippen molar-refractivity contribution < 1.29 is 0 Å². The van der Waals surface area contributed by atoms with E-state index < -0.39 is 0 Å². The van der Waals surface area contributed by atoms with Crippen LogP contribution in [0, 0.1) is 11.3 Å². The normalized spacial score (nSPS) is 8.55. The molecule has 1 aromatic carbocycles. The molecule has 2 nitrogen and oxygen atoms in total. The van der Waals surface area contributed by atoms with Crippen molar-refractivity contribution in [3.8, 4) is 6.07 Å². The molecule has 0 aliphatic rings. The largest absolute Gasteiger partial charge is 0.498 e. The van der Waals surface area contributed by atoms with Gasteiger partial charge in [-0.2, -0.15) is 0 Å². The van der Waals surface area contributed by atoms with E-state index in [1.54, 1.807) is 18.2 Å². The Bertz CT molecular complexity index is 307. The first-order valence-corrected chi connectivity index (χ1v) is 3.53. The van der Waals surface area contributed by atoms with Crippen LogP contribution < -0.4 is 0 Å².